The topological polar surface area (TPSA) is 153 Å². The number of carbonyl (C=O) groups is 5. The average molecular weight is 507 g/mol. The predicted octanol–water partition coefficient (Wildman–Crippen LogP) is 0.601. The second kappa shape index (κ2) is 11.4. The molecule has 0 bridgehead atoms. The highest BCUT2D eigenvalue weighted by Gasteiger charge is 2.52. The third kappa shape index (κ3) is 6.72. The van der Waals surface area contributed by atoms with Crippen molar-refractivity contribution in [3.63, 3.8) is 0 Å². The smallest absolute Gasteiger partial charge is 0.331 e. The zero-order valence-electron chi connectivity index (χ0n) is 20.5. The molecule has 0 aromatic heterocycles. The van der Waals surface area contributed by atoms with Gasteiger partial charge in [-0.3, -0.25) is 19.2 Å². The first-order chi connectivity index (χ1) is 16.9. The van der Waals surface area contributed by atoms with Crippen LogP contribution in [0.3, 0.4) is 0 Å². The molecule has 3 rings (SSSR count). The maximum atomic E-state index is 12.0. The van der Waals surface area contributed by atoms with E-state index in [1.165, 1.54) is 19.9 Å². The lowest BCUT2D eigenvalue weighted by Gasteiger charge is -2.45. The van der Waals surface area contributed by atoms with Gasteiger partial charge in [0.1, 0.15) is 30.6 Å². The molecule has 2 aliphatic heterocycles. The van der Waals surface area contributed by atoms with Crippen LogP contribution in [0, 0.1) is 5.92 Å². The molecule has 1 N–H and O–H groups in total. The molecule has 1 amide bonds. The third-order valence-electron chi connectivity index (χ3n) is 5.60. The van der Waals surface area contributed by atoms with Crippen molar-refractivity contribution in [2.45, 2.75) is 71.4 Å². The Hall–Kier alpha value is -3.67. The van der Waals surface area contributed by atoms with E-state index in [-0.39, 0.29) is 18.3 Å². The van der Waals surface area contributed by atoms with Crippen molar-refractivity contribution in [1.29, 1.82) is 0 Å². The molecule has 36 heavy (non-hydrogen) atoms. The lowest BCUT2D eigenvalue weighted by atomic mass is 9.88. The summed E-state index contributed by atoms with van der Waals surface area (Å²) in [4.78, 5) is 59.1. The van der Waals surface area contributed by atoms with Crippen LogP contribution in [0.1, 0.15) is 34.6 Å². The fourth-order valence-corrected chi connectivity index (χ4v) is 4.20. The summed E-state index contributed by atoms with van der Waals surface area (Å²) >= 11 is 0. The molecular formula is C24H29NO11. The molecule has 2 heterocycles. The van der Waals surface area contributed by atoms with E-state index in [2.05, 4.69) is 5.32 Å². The maximum absolute atomic E-state index is 12.0. The summed E-state index contributed by atoms with van der Waals surface area (Å²) in [5.41, 5.74) is 0.827. The molecule has 1 fully saturated rings. The summed E-state index contributed by atoms with van der Waals surface area (Å²) in [5, 5.41) is 2.62. The van der Waals surface area contributed by atoms with E-state index >= 15 is 0 Å². The first-order valence-corrected chi connectivity index (χ1v) is 11.3. The van der Waals surface area contributed by atoms with Gasteiger partial charge in [-0.25, -0.2) is 4.79 Å². The Balaban J connectivity index is 1.93. The normalized spacial score (nSPS) is 31.0. The number of nitrogens with one attached hydrogen (secondary N) is 1. The Kier molecular flexibility index (Phi) is 8.51. The van der Waals surface area contributed by atoms with Gasteiger partial charge in [-0.05, 0) is 19.1 Å². The lowest BCUT2D eigenvalue weighted by Crippen LogP contribution is -2.66. The summed E-state index contributed by atoms with van der Waals surface area (Å²) in [7, 11) is 0. The molecule has 1 aliphatic carbocycles. The first kappa shape index (κ1) is 26.9. The standard InChI is InChI=1S/C24H29NO11/c1-11-8-20(30)35-18-9-16(6-7-17(11)18)34-24-21(25-12(2)26)23(33-15(5)29)22(32-14(4)28)19(36-24)10-31-13(3)27/h6-9,17-19,21-24H,10H2,1-5H3,(H,25,26). The molecule has 12 nitrogen and oxygen atoms in total. The molecule has 1 saturated heterocycles. The Morgan fingerprint density at radius 1 is 1.00 bits per heavy atom. The second-order valence-corrected chi connectivity index (χ2v) is 8.58. The van der Waals surface area contributed by atoms with E-state index in [0.29, 0.717) is 0 Å². The molecule has 0 aromatic rings. The number of carbonyl (C=O) groups excluding carboxylic acids is 5. The van der Waals surface area contributed by atoms with Crippen LogP contribution in [0.2, 0.25) is 0 Å². The van der Waals surface area contributed by atoms with Crippen LogP contribution in [-0.4, -0.2) is 73.1 Å². The van der Waals surface area contributed by atoms with E-state index in [1.54, 1.807) is 18.2 Å². The fraction of sp³-hybridized carbons (Fsp3) is 0.542. The molecule has 12 heteroatoms. The minimum atomic E-state index is -1.27. The Bertz CT molecular complexity index is 1010. The Labute approximate surface area is 207 Å². The number of hydrogen-bond acceptors (Lipinski definition) is 11. The van der Waals surface area contributed by atoms with Gasteiger partial charge in [-0.2, -0.15) is 0 Å². The first-order valence-electron chi connectivity index (χ1n) is 11.3. The highest BCUT2D eigenvalue weighted by Crippen LogP contribution is 2.33. The van der Waals surface area contributed by atoms with Crippen molar-refractivity contribution < 1.29 is 52.4 Å². The Morgan fingerprint density at radius 2 is 1.67 bits per heavy atom. The van der Waals surface area contributed by atoms with E-state index in [1.807, 2.05) is 6.92 Å². The molecule has 0 spiro atoms. The van der Waals surface area contributed by atoms with Crippen molar-refractivity contribution >= 4 is 29.8 Å². The largest absolute Gasteiger partial charge is 0.463 e. The van der Waals surface area contributed by atoms with Gasteiger partial charge < -0.3 is 33.7 Å². The van der Waals surface area contributed by atoms with Crippen LogP contribution in [0.15, 0.2) is 35.6 Å². The number of amides is 1. The van der Waals surface area contributed by atoms with Crippen molar-refractivity contribution in [2.24, 2.45) is 5.92 Å². The van der Waals surface area contributed by atoms with E-state index in [9.17, 15) is 24.0 Å². The highest BCUT2D eigenvalue weighted by molar-refractivity contribution is 5.84. The molecule has 0 aromatic carbocycles. The van der Waals surface area contributed by atoms with Gasteiger partial charge in [0.25, 0.3) is 0 Å². The van der Waals surface area contributed by atoms with Crippen LogP contribution < -0.4 is 5.32 Å². The molecular weight excluding hydrogens is 478 g/mol. The minimum Gasteiger partial charge on any atom is -0.463 e. The minimum absolute atomic E-state index is 0.160. The molecule has 3 aliphatic rings. The number of allylic oxidation sites excluding steroid dienone is 1. The molecule has 7 unspecified atom stereocenters. The van der Waals surface area contributed by atoms with Crippen molar-refractivity contribution in [1.82, 2.24) is 5.32 Å². The van der Waals surface area contributed by atoms with Gasteiger partial charge in [0, 0.05) is 39.7 Å². The molecule has 7 atom stereocenters. The van der Waals surface area contributed by atoms with Gasteiger partial charge >= 0.3 is 23.9 Å². The molecule has 196 valence electrons. The monoisotopic (exact) mass is 507 g/mol. The molecule has 0 radical (unpaired) electrons. The van der Waals surface area contributed by atoms with Gasteiger partial charge in [0.2, 0.25) is 12.2 Å². The summed E-state index contributed by atoms with van der Waals surface area (Å²) in [5.74, 6) is -2.91. The highest BCUT2D eigenvalue weighted by atomic mass is 16.7. The fourth-order valence-electron chi connectivity index (χ4n) is 4.20. The maximum Gasteiger partial charge on any atom is 0.331 e. The third-order valence-corrected chi connectivity index (χ3v) is 5.60. The number of ether oxygens (including phenoxy) is 6. The van der Waals surface area contributed by atoms with Gasteiger partial charge in [0.15, 0.2) is 12.2 Å². The van der Waals surface area contributed by atoms with E-state index in [0.717, 1.165) is 19.4 Å². The van der Waals surface area contributed by atoms with Crippen molar-refractivity contribution in [3.8, 4) is 0 Å². The summed E-state index contributed by atoms with van der Waals surface area (Å²) < 4.78 is 33.2. The van der Waals surface area contributed by atoms with E-state index in [4.69, 9.17) is 28.4 Å². The predicted molar refractivity (Wildman–Crippen MR) is 119 cm³/mol. The number of rotatable bonds is 7. The van der Waals surface area contributed by atoms with Gasteiger partial charge in [-0.1, -0.05) is 11.6 Å². The summed E-state index contributed by atoms with van der Waals surface area (Å²) in [6.07, 6.45) is 1.02. The van der Waals surface area contributed by atoms with Gasteiger partial charge in [0.05, 0.1) is 0 Å². The van der Waals surface area contributed by atoms with Gasteiger partial charge in [-0.15, -0.1) is 0 Å². The van der Waals surface area contributed by atoms with E-state index < -0.39 is 66.5 Å². The molecule has 0 saturated carbocycles. The zero-order chi connectivity index (χ0) is 26.6. The Morgan fingerprint density at radius 3 is 2.28 bits per heavy atom. The number of esters is 4. The number of fused-ring (bicyclic) bond motifs is 1. The summed E-state index contributed by atoms with van der Waals surface area (Å²) in [6.45, 7) is 6.21. The number of hydrogen-bond donors (Lipinski definition) is 1. The van der Waals surface area contributed by atoms with Crippen LogP contribution in [0.4, 0.5) is 0 Å². The quantitative estimate of drug-likeness (QED) is 0.381. The zero-order valence-corrected chi connectivity index (χ0v) is 20.5. The van der Waals surface area contributed by atoms with Crippen LogP contribution in [-0.2, 0) is 52.4 Å². The van der Waals surface area contributed by atoms with Crippen LogP contribution >= 0.6 is 0 Å². The van der Waals surface area contributed by atoms with Crippen molar-refractivity contribution in [3.05, 3.63) is 35.6 Å². The van der Waals surface area contributed by atoms with Crippen LogP contribution in [0.25, 0.3) is 0 Å². The second-order valence-electron chi connectivity index (χ2n) is 8.58. The average Bonchev–Trinajstić information content (AvgIpc) is 2.75. The lowest BCUT2D eigenvalue weighted by molar-refractivity contribution is -0.268. The van der Waals surface area contributed by atoms with Crippen LogP contribution in [0.5, 0.6) is 0 Å². The van der Waals surface area contributed by atoms with Crippen molar-refractivity contribution in [2.75, 3.05) is 6.61 Å². The SMILES string of the molecule is CC(=O)NC1C(OC2=CC3OC(=O)C=C(C)C3C=C2)OC(COC(C)=O)C(OC(C)=O)C1OC(C)=O. The summed E-state index contributed by atoms with van der Waals surface area (Å²) in [6, 6.07) is -1.12.